The number of nitrogens with zero attached hydrogens (tertiary/aromatic N) is 2. The van der Waals surface area contributed by atoms with E-state index in [9.17, 15) is 9.59 Å². The molecule has 8 heteroatoms. The molecular formula is C14H12ClN3O3S. The maximum Gasteiger partial charge on any atom is 0.338 e. The summed E-state index contributed by atoms with van der Waals surface area (Å²) in [4.78, 5) is 28.5. The lowest BCUT2D eigenvalue weighted by Crippen LogP contribution is -2.19. The normalized spacial score (nSPS) is 13.5. The van der Waals surface area contributed by atoms with E-state index in [1.807, 2.05) is 0 Å². The van der Waals surface area contributed by atoms with E-state index in [1.165, 1.54) is 18.0 Å². The van der Waals surface area contributed by atoms with Crippen molar-refractivity contribution in [3.8, 4) is 0 Å². The number of anilines is 1. The van der Waals surface area contributed by atoms with Crippen LogP contribution in [0.4, 0.5) is 5.69 Å². The molecule has 1 aliphatic heterocycles. The lowest BCUT2D eigenvalue weighted by molar-refractivity contribution is -0.113. The molecule has 2 heterocycles. The Hall–Kier alpha value is -1.99. The number of benzene rings is 1. The first-order chi connectivity index (χ1) is 10.5. The van der Waals surface area contributed by atoms with Crippen LogP contribution in [0.2, 0.25) is 5.15 Å². The highest BCUT2D eigenvalue weighted by molar-refractivity contribution is 8.00. The quantitative estimate of drug-likeness (QED) is 0.871. The Morgan fingerprint density at radius 3 is 3.09 bits per heavy atom. The lowest BCUT2D eigenvalue weighted by Gasteiger charge is -2.16. The summed E-state index contributed by atoms with van der Waals surface area (Å²) in [5.41, 5.74) is 1.01. The predicted octanol–water partition coefficient (Wildman–Crippen LogP) is 2.47. The lowest BCUT2D eigenvalue weighted by atomic mass is 10.2. The Morgan fingerprint density at radius 1 is 1.55 bits per heavy atom. The van der Waals surface area contributed by atoms with E-state index in [0.29, 0.717) is 28.0 Å². The minimum atomic E-state index is -0.480. The van der Waals surface area contributed by atoms with Crippen LogP contribution in [0.3, 0.4) is 0 Å². The van der Waals surface area contributed by atoms with Gasteiger partial charge in [0.25, 0.3) is 0 Å². The molecule has 0 aliphatic carbocycles. The van der Waals surface area contributed by atoms with Crippen molar-refractivity contribution in [2.75, 3.05) is 11.1 Å². The zero-order chi connectivity index (χ0) is 15.7. The molecule has 0 saturated carbocycles. The Morgan fingerprint density at radius 2 is 2.36 bits per heavy atom. The number of rotatable bonds is 3. The number of fused-ring (bicyclic) bond motifs is 1. The van der Waals surface area contributed by atoms with Gasteiger partial charge in [-0.15, -0.1) is 11.8 Å². The summed E-state index contributed by atoms with van der Waals surface area (Å²) in [5.74, 6) is 0.383. The largest absolute Gasteiger partial charge is 0.454 e. The number of amides is 1. The smallest absolute Gasteiger partial charge is 0.338 e. The molecule has 1 aromatic carbocycles. The van der Waals surface area contributed by atoms with Gasteiger partial charge in [0.05, 0.1) is 23.2 Å². The fourth-order valence-electron chi connectivity index (χ4n) is 1.98. The Bertz CT molecular complexity index is 760. The molecule has 1 aromatic heterocycles. The highest BCUT2D eigenvalue weighted by Gasteiger charge is 2.18. The maximum absolute atomic E-state index is 12.1. The van der Waals surface area contributed by atoms with Crippen molar-refractivity contribution >= 4 is 40.9 Å². The molecule has 0 atom stereocenters. The summed E-state index contributed by atoms with van der Waals surface area (Å²) in [5, 5.41) is 3.21. The third-order valence-electron chi connectivity index (χ3n) is 3.21. The summed E-state index contributed by atoms with van der Waals surface area (Å²) in [6.07, 6.45) is 1.50. The average Bonchev–Trinajstić information content (AvgIpc) is 2.83. The molecule has 0 saturated heterocycles. The van der Waals surface area contributed by atoms with Crippen molar-refractivity contribution in [2.45, 2.75) is 11.5 Å². The molecule has 0 bridgehead atoms. The van der Waals surface area contributed by atoms with Crippen molar-refractivity contribution in [2.24, 2.45) is 7.05 Å². The Balaban J connectivity index is 1.71. The second kappa shape index (κ2) is 6.02. The zero-order valence-corrected chi connectivity index (χ0v) is 13.2. The number of hydrogen-bond acceptors (Lipinski definition) is 5. The number of hydrogen-bond donors (Lipinski definition) is 1. The maximum atomic E-state index is 12.1. The van der Waals surface area contributed by atoms with Crippen LogP contribution in [-0.2, 0) is 23.2 Å². The van der Waals surface area contributed by atoms with Crippen molar-refractivity contribution in [3.05, 3.63) is 40.9 Å². The van der Waals surface area contributed by atoms with Gasteiger partial charge in [-0.1, -0.05) is 11.6 Å². The first-order valence-electron chi connectivity index (χ1n) is 6.44. The van der Waals surface area contributed by atoms with E-state index in [1.54, 1.807) is 29.8 Å². The third kappa shape index (κ3) is 2.95. The van der Waals surface area contributed by atoms with Gasteiger partial charge in [-0.25, -0.2) is 9.78 Å². The van der Waals surface area contributed by atoms with Gasteiger partial charge in [0.1, 0.15) is 17.6 Å². The van der Waals surface area contributed by atoms with Crippen LogP contribution in [0.5, 0.6) is 0 Å². The Kier molecular flexibility index (Phi) is 4.08. The Labute approximate surface area is 135 Å². The summed E-state index contributed by atoms with van der Waals surface area (Å²) >= 11 is 7.31. The molecule has 22 heavy (non-hydrogen) atoms. The number of ether oxygens (including phenoxy) is 1. The SMILES string of the molecule is Cn1c(Cl)cnc1COC(=O)c1ccc2c(c1)NC(=O)CS2. The first-order valence-corrected chi connectivity index (χ1v) is 7.81. The van der Waals surface area contributed by atoms with E-state index in [0.717, 1.165) is 4.90 Å². The summed E-state index contributed by atoms with van der Waals surface area (Å²) in [6, 6.07) is 5.10. The van der Waals surface area contributed by atoms with Crippen molar-refractivity contribution in [3.63, 3.8) is 0 Å². The van der Waals surface area contributed by atoms with Crippen LogP contribution in [0.15, 0.2) is 29.3 Å². The molecule has 6 nitrogen and oxygen atoms in total. The summed E-state index contributed by atoms with van der Waals surface area (Å²) in [7, 11) is 1.74. The van der Waals surface area contributed by atoms with Gasteiger partial charge in [0.2, 0.25) is 5.91 Å². The molecule has 2 aromatic rings. The molecular weight excluding hydrogens is 326 g/mol. The zero-order valence-electron chi connectivity index (χ0n) is 11.6. The second-order valence-electron chi connectivity index (χ2n) is 4.68. The summed E-state index contributed by atoms with van der Waals surface area (Å²) in [6.45, 7) is 0.0280. The van der Waals surface area contributed by atoms with Crippen LogP contribution in [0.25, 0.3) is 0 Å². The van der Waals surface area contributed by atoms with E-state index >= 15 is 0 Å². The van der Waals surface area contributed by atoms with Gasteiger partial charge in [0, 0.05) is 11.9 Å². The predicted molar refractivity (Wildman–Crippen MR) is 83.1 cm³/mol. The molecule has 114 valence electrons. The molecule has 0 unspecified atom stereocenters. The van der Waals surface area contributed by atoms with Crippen LogP contribution in [0.1, 0.15) is 16.2 Å². The molecule has 1 aliphatic rings. The van der Waals surface area contributed by atoms with Crippen LogP contribution in [-0.4, -0.2) is 27.2 Å². The van der Waals surface area contributed by atoms with Crippen LogP contribution < -0.4 is 5.32 Å². The molecule has 0 radical (unpaired) electrons. The van der Waals surface area contributed by atoms with Crippen molar-refractivity contribution < 1.29 is 14.3 Å². The number of imidazole rings is 1. The second-order valence-corrected chi connectivity index (χ2v) is 6.08. The highest BCUT2D eigenvalue weighted by atomic mass is 35.5. The van der Waals surface area contributed by atoms with Gasteiger partial charge >= 0.3 is 5.97 Å². The van der Waals surface area contributed by atoms with Gasteiger partial charge in [0.15, 0.2) is 0 Å². The molecule has 0 fully saturated rings. The van der Waals surface area contributed by atoms with E-state index in [4.69, 9.17) is 16.3 Å². The number of nitrogens with one attached hydrogen (secondary N) is 1. The number of esters is 1. The number of halogens is 1. The van der Waals surface area contributed by atoms with Crippen LogP contribution >= 0.6 is 23.4 Å². The minimum absolute atomic E-state index is 0.0280. The number of carbonyl (C=O) groups excluding carboxylic acids is 2. The van der Waals surface area contributed by atoms with Crippen LogP contribution in [0, 0.1) is 0 Å². The fraction of sp³-hybridized carbons (Fsp3) is 0.214. The third-order valence-corrected chi connectivity index (χ3v) is 4.63. The first kappa shape index (κ1) is 14.9. The average molecular weight is 338 g/mol. The standard InChI is InChI=1S/C14H12ClN3O3S/c1-18-11(15)5-16-12(18)6-21-14(20)8-2-3-10-9(4-8)17-13(19)7-22-10/h2-5H,6-7H2,1H3,(H,17,19). The molecule has 1 amide bonds. The molecule has 3 rings (SSSR count). The van der Waals surface area contributed by atoms with E-state index in [2.05, 4.69) is 10.3 Å². The molecule has 0 spiro atoms. The van der Waals surface area contributed by atoms with Crippen molar-refractivity contribution in [1.82, 2.24) is 9.55 Å². The monoisotopic (exact) mass is 337 g/mol. The highest BCUT2D eigenvalue weighted by Crippen LogP contribution is 2.32. The topological polar surface area (TPSA) is 73.2 Å². The van der Waals surface area contributed by atoms with Crippen molar-refractivity contribution in [1.29, 1.82) is 0 Å². The van der Waals surface area contributed by atoms with E-state index in [-0.39, 0.29) is 12.5 Å². The number of aromatic nitrogens is 2. The van der Waals surface area contributed by atoms with Gasteiger partial charge in [-0.2, -0.15) is 0 Å². The van der Waals surface area contributed by atoms with Gasteiger partial charge in [-0.05, 0) is 18.2 Å². The summed E-state index contributed by atoms with van der Waals surface area (Å²) < 4.78 is 6.86. The molecule has 1 N–H and O–H groups in total. The number of thioether (sulfide) groups is 1. The van der Waals surface area contributed by atoms with Gasteiger partial charge in [-0.3, -0.25) is 4.79 Å². The minimum Gasteiger partial charge on any atom is -0.454 e. The number of carbonyl (C=O) groups is 2. The van der Waals surface area contributed by atoms with E-state index < -0.39 is 5.97 Å². The van der Waals surface area contributed by atoms with Gasteiger partial charge < -0.3 is 14.6 Å². The fourth-order valence-corrected chi connectivity index (χ4v) is 2.92.